The molecule has 4 nitrogen and oxygen atoms in total. The molecule has 0 saturated heterocycles. The molecule has 82 valence electrons. The molecule has 0 radical (unpaired) electrons. The van der Waals surface area contributed by atoms with Crippen molar-refractivity contribution in [2.45, 2.75) is 12.8 Å². The van der Waals surface area contributed by atoms with E-state index in [4.69, 9.17) is 11.6 Å². The molecular weight excluding hydrogens is 226 g/mol. The number of amides is 1. The predicted octanol–water partition coefficient (Wildman–Crippen LogP) is 1.95. The highest BCUT2D eigenvalue weighted by Gasteiger charge is 2.35. The van der Waals surface area contributed by atoms with Gasteiger partial charge in [0.15, 0.2) is 0 Å². The minimum absolute atomic E-state index is 0.132. The summed E-state index contributed by atoms with van der Waals surface area (Å²) in [5, 5.41) is 4.63. The summed E-state index contributed by atoms with van der Waals surface area (Å²) in [6.07, 6.45) is 4.04. The summed E-state index contributed by atoms with van der Waals surface area (Å²) >= 11 is 5.78. The summed E-state index contributed by atoms with van der Waals surface area (Å²) in [7, 11) is 0. The van der Waals surface area contributed by atoms with Crippen LogP contribution in [0.25, 0.3) is 6.08 Å². The largest absolute Gasteiger partial charge is 0.346 e. The second-order valence-electron chi connectivity index (χ2n) is 4.03. The van der Waals surface area contributed by atoms with E-state index in [2.05, 4.69) is 15.5 Å². The summed E-state index contributed by atoms with van der Waals surface area (Å²) in [5.74, 6) is 0.322. The Kier molecular flexibility index (Phi) is 2.11. The minimum atomic E-state index is -0.132. The number of hydrogen-bond acceptors (Lipinski definition) is 2. The van der Waals surface area contributed by atoms with Crippen molar-refractivity contribution in [1.29, 1.82) is 0 Å². The van der Waals surface area contributed by atoms with Crippen molar-refractivity contribution in [2.75, 3.05) is 0 Å². The van der Waals surface area contributed by atoms with Crippen LogP contribution in [0.3, 0.4) is 0 Å². The summed E-state index contributed by atoms with van der Waals surface area (Å²) in [4.78, 5) is 14.5. The van der Waals surface area contributed by atoms with Gasteiger partial charge in [-0.25, -0.2) is 5.43 Å². The Balaban J connectivity index is 1.94. The number of aromatic nitrogens is 1. The zero-order chi connectivity index (χ0) is 11.1. The minimum Gasteiger partial charge on any atom is -0.346 e. The highest BCUT2D eigenvalue weighted by molar-refractivity contribution is 6.30. The van der Waals surface area contributed by atoms with Crippen LogP contribution in [0.5, 0.6) is 0 Å². The van der Waals surface area contributed by atoms with Crippen LogP contribution >= 0.6 is 11.6 Å². The molecule has 1 aromatic heterocycles. The number of hydrogen-bond donors (Lipinski definition) is 2. The first-order valence-electron chi connectivity index (χ1n) is 5.18. The molecule has 0 aromatic carbocycles. The number of nitrogens with one attached hydrogen (secondary N) is 2. The molecule has 3 rings (SSSR count). The fourth-order valence-corrected chi connectivity index (χ4v) is 1.95. The lowest BCUT2D eigenvalue weighted by molar-refractivity contribution is -0.116. The van der Waals surface area contributed by atoms with Crippen LogP contribution in [0.1, 0.15) is 18.5 Å². The zero-order valence-electron chi connectivity index (χ0n) is 8.46. The van der Waals surface area contributed by atoms with Crippen molar-refractivity contribution in [2.24, 2.45) is 11.0 Å². The van der Waals surface area contributed by atoms with Crippen molar-refractivity contribution >= 4 is 29.3 Å². The van der Waals surface area contributed by atoms with Crippen molar-refractivity contribution in [3.63, 3.8) is 0 Å². The molecule has 2 N–H and O–H groups in total. The summed E-state index contributed by atoms with van der Waals surface area (Å²) < 4.78 is 0. The SMILES string of the molecule is O=C1NN=C(C2CC2)C1=Cc1ccc(Cl)[nH]1. The molecule has 2 aliphatic rings. The second kappa shape index (κ2) is 3.49. The molecule has 0 unspecified atom stereocenters. The maximum Gasteiger partial charge on any atom is 0.273 e. The van der Waals surface area contributed by atoms with Gasteiger partial charge in [0.25, 0.3) is 5.91 Å². The first-order chi connectivity index (χ1) is 7.74. The first kappa shape index (κ1) is 9.66. The normalized spacial score (nSPS) is 22.4. The van der Waals surface area contributed by atoms with Crippen LogP contribution in [-0.4, -0.2) is 16.6 Å². The molecule has 2 heterocycles. The van der Waals surface area contributed by atoms with Gasteiger partial charge >= 0.3 is 0 Å². The van der Waals surface area contributed by atoms with E-state index in [1.165, 1.54) is 0 Å². The average molecular weight is 236 g/mol. The van der Waals surface area contributed by atoms with Gasteiger partial charge in [0.2, 0.25) is 0 Å². The number of aromatic amines is 1. The smallest absolute Gasteiger partial charge is 0.273 e. The molecule has 1 saturated carbocycles. The van der Waals surface area contributed by atoms with E-state index in [9.17, 15) is 4.79 Å². The van der Waals surface area contributed by atoms with E-state index in [0.717, 1.165) is 24.2 Å². The van der Waals surface area contributed by atoms with Gasteiger partial charge in [-0.3, -0.25) is 4.79 Å². The number of halogens is 1. The molecule has 5 heteroatoms. The molecule has 1 aromatic rings. The number of carbonyl (C=O) groups excluding carboxylic acids is 1. The van der Waals surface area contributed by atoms with Gasteiger partial charge in [-0.15, -0.1) is 0 Å². The Morgan fingerprint density at radius 2 is 2.25 bits per heavy atom. The Bertz CT molecular complexity index is 511. The van der Waals surface area contributed by atoms with E-state index >= 15 is 0 Å². The van der Waals surface area contributed by atoms with Gasteiger partial charge < -0.3 is 4.98 Å². The van der Waals surface area contributed by atoms with Gasteiger partial charge in [0, 0.05) is 11.6 Å². The maximum absolute atomic E-state index is 11.6. The van der Waals surface area contributed by atoms with Crippen LogP contribution in [0.4, 0.5) is 0 Å². The molecule has 1 amide bonds. The standard InChI is InChI=1S/C11H10ClN3O/c12-9-4-3-7(13-9)5-8-10(6-1-2-6)14-15-11(8)16/h3-6,13H,1-2H2,(H,15,16). The molecule has 1 fully saturated rings. The van der Waals surface area contributed by atoms with Crippen LogP contribution in [0.2, 0.25) is 5.15 Å². The topological polar surface area (TPSA) is 57.2 Å². The Morgan fingerprint density at radius 1 is 1.44 bits per heavy atom. The van der Waals surface area contributed by atoms with Crippen molar-refractivity contribution < 1.29 is 4.79 Å². The Hall–Kier alpha value is -1.55. The number of rotatable bonds is 2. The quantitative estimate of drug-likeness (QED) is 0.757. The number of H-pyrrole nitrogens is 1. The fourth-order valence-electron chi connectivity index (χ4n) is 1.78. The molecule has 1 aliphatic heterocycles. The molecule has 0 atom stereocenters. The van der Waals surface area contributed by atoms with Crippen LogP contribution in [-0.2, 0) is 4.79 Å². The van der Waals surface area contributed by atoms with Gasteiger partial charge in [0.1, 0.15) is 5.15 Å². The van der Waals surface area contributed by atoms with E-state index < -0.39 is 0 Å². The number of carbonyl (C=O) groups is 1. The Morgan fingerprint density at radius 3 is 2.88 bits per heavy atom. The van der Waals surface area contributed by atoms with Gasteiger partial charge in [-0.1, -0.05) is 11.6 Å². The van der Waals surface area contributed by atoms with E-state index in [1.807, 2.05) is 6.07 Å². The molecular formula is C11H10ClN3O. The van der Waals surface area contributed by atoms with Crippen molar-refractivity contribution in [1.82, 2.24) is 10.4 Å². The Labute approximate surface area is 97.4 Å². The second-order valence-corrected chi connectivity index (χ2v) is 4.44. The van der Waals surface area contributed by atoms with Crippen molar-refractivity contribution in [3.8, 4) is 0 Å². The summed E-state index contributed by atoms with van der Waals surface area (Å²) in [6, 6.07) is 3.60. The summed E-state index contributed by atoms with van der Waals surface area (Å²) in [6.45, 7) is 0. The van der Waals surface area contributed by atoms with Gasteiger partial charge in [0.05, 0.1) is 11.3 Å². The predicted molar refractivity (Wildman–Crippen MR) is 62.1 cm³/mol. The van der Waals surface area contributed by atoms with Crippen molar-refractivity contribution in [3.05, 3.63) is 28.6 Å². The lowest BCUT2D eigenvalue weighted by atomic mass is 10.1. The van der Waals surface area contributed by atoms with Gasteiger partial charge in [-0.05, 0) is 31.1 Å². The monoisotopic (exact) mass is 235 g/mol. The third-order valence-electron chi connectivity index (χ3n) is 2.74. The third-order valence-corrected chi connectivity index (χ3v) is 2.96. The van der Waals surface area contributed by atoms with E-state index in [1.54, 1.807) is 12.1 Å². The molecule has 0 spiro atoms. The van der Waals surface area contributed by atoms with Gasteiger partial charge in [-0.2, -0.15) is 5.10 Å². The first-order valence-corrected chi connectivity index (χ1v) is 5.56. The molecule has 1 aliphatic carbocycles. The highest BCUT2D eigenvalue weighted by Crippen LogP contribution is 2.35. The van der Waals surface area contributed by atoms with Crippen LogP contribution < -0.4 is 5.43 Å². The molecule has 0 bridgehead atoms. The maximum atomic E-state index is 11.6. The summed E-state index contributed by atoms with van der Waals surface area (Å²) in [5.41, 5.74) is 4.87. The van der Waals surface area contributed by atoms with Crippen LogP contribution in [0.15, 0.2) is 22.8 Å². The van der Waals surface area contributed by atoms with Crippen LogP contribution in [0, 0.1) is 5.92 Å². The number of hydrazone groups is 1. The lowest BCUT2D eigenvalue weighted by Crippen LogP contribution is -2.13. The third kappa shape index (κ3) is 1.65. The van der Waals surface area contributed by atoms with E-state index in [-0.39, 0.29) is 5.91 Å². The average Bonchev–Trinajstić information content (AvgIpc) is 2.93. The van der Waals surface area contributed by atoms with E-state index in [0.29, 0.717) is 16.6 Å². The fraction of sp³-hybridized carbons (Fsp3) is 0.273. The number of nitrogens with zero attached hydrogens (tertiary/aromatic N) is 1. The lowest BCUT2D eigenvalue weighted by Gasteiger charge is -1.97. The molecule has 16 heavy (non-hydrogen) atoms. The highest BCUT2D eigenvalue weighted by atomic mass is 35.5. The zero-order valence-corrected chi connectivity index (χ0v) is 9.21.